The molecule has 9 nitrogen and oxygen atoms in total. The number of nitriles is 1. The Hall–Kier alpha value is -4.16. The summed E-state index contributed by atoms with van der Waals surface area (Å²) in [4.78, 5) is 4.71. The lowest BCUT2D eigenvalue weighted by molar-refractivity contribution is 0.391. The number of pyridine rings is 1. The summed E-state index contributed by atoms with van der Waals surface area (Å²) in [6.07, 6.45) is 5.72. The fraction of sp³-hybridized carbons (Fsp3) is 0.308. The third-order valence-electron chi connectivity index (χ3n) is 6.41. The molecule has 4 aromatic rings. The van der Waals surface area contributed by atoms with Gasteiger partial charge in [0.15, 0.2) is 5.69 Å². The molecule has 3 aromatic heterocycles. The molecule has 0 saturated carbocycles. The van der Waals surface area contributed by atoms with Crippen LogP contribution in [0.3, 0.4) is 0 Å². The zero-order chi connectivity index (χ0) is 24.4. The molecule has 3 N–H and O–H groups in total. The number of aromatic nitrogens is 5. The van der Waals surface area contributed by atoms with Crippen LogP contribution in [0.15, 0.2) is 61.1 Å². The lowest BCUT2D eigenvalue weighted by atomic mass is 9.97. The summed E-state index contributed by atoms with van der Waals surface area (Å²) in [6.45, 7) is 5.53. The van der Waals surface area contributed by atoms with E-state index in [0.29, 0.717) is 12.2 Å². The Bertz CT molecular complexity index is 1350. The highest BCUT2D eigenvalue weighted by atomic mass is 15.3. The number of fused-ring (bicyclic) bond motifs is 1. The summed E-state index contributed by atoms with van der Waals surface area (Å²) in [6, 6.07) is 16.7. The first-order chi connectivity index (χ1) is 17.0. The third-order valence-corrected chi connectivity index (χ3v) is 6.41. The molecule has 3 atom stereocenters. The second kappa shape index (κ2) is 9.60. The van der Waals surface area contributed by atoms with Crippen molar-refractivity contribution in [2.45, 2.75) is 32.0 Å². The summed E-state index contributed by atoms with van der Waals surface area (Å²) in [5.41, 5.74) is 5.68. The summed E-state index contributed by atoms with van der Waals surface area (Å²) in [7, 11) is 1.91. The normalized spacial score (nSPS) is 16.5. The lowest BCUT2D eigenvalue weighted by Gasteiger charge is -2.35. The molecule has 0 fully saturated rings. The van der Waals surface area contributed by atoms with Crippen LogP contribution in [0.5, 0.6) is 0 Å². The molecule has 0 bridgehead atoms. The molecular weight excluding hydrogens is 438 g/mol. The smallest absolute Gasteiger partial charge is 0.162 e. The number of benzene rings is 1. The van der Waals surface area contributed by atoms with Crippen LogP contribution in [-0.4, -0.2) is 43.7 Å². The zero-order valence-electron chi connectivity index (χ0n) is 20.1. The van der Waals surface area contributed by atoms with Crippen molar-refractivity contribution in [1.29, 1.82) is 5.26 Å². The summed E-state index contributed by atoms with van der Waals surface area (Å²) in [5, 5.41) is 28.8. The van der Waals surface area contributed by atoms with E-state index in [4.69, 9.17) is 4.98 Å². The van der Waals surface area contributed by atoms with Crippen molar-refractivity contribution in [1.82, 2.24) is 29.9 Å². The first-order valence-electron chi connectivity index (χ1n) is 11.8. The van der Waals surface area contributed by atoms with Gasteiger partial charge in [0.05, 0.1) is 30.0 Å². The van der Waals surface area contributed by atoms with Crippen LogP contribution in [0.25, 0.3) is 11.1 Å². The van der Waals surface area contributed by atoms with Crippen LogP contribution in [-0.2, 0) is 7.05 Å². The topological polar surface area (TPSA) is 108 Å². The third kappa shape index (κ3) is 4.74. The van der Waals surface area contributed by atoms with Gasteiger partial charge in [0.1, 0.15) is 11.9 Å². The van der Waals surface area contributed by atoms with E-state index in [1.54, 1.807) is 4.68 Å². The number of rotatable bonds is 7. The first-order valence-corrected chi connectivity index (χ1v) is 11.8. The van der Waals surface area contributed by atoms with Crippen molar-refractivity contribution >= 4 is 11.5 Å². The van der Waals surface area contributed by atoms with E-state index < -0.39 is 0 Å². The second-order valence-electron chi connectivity index (χ2n) is 9.03. The monoisotopic (exact) mass is 467 g/mol. The molecule has 5 rings (SSSR count). The largest absolute Gasteiger partial charge is 0.380 e. The molecule has 1 aliphatic heterocycles. The van der Waals surface area contributed by atoms with Gasteiger partial charge in [-0.25, -0.2) is 4.98 Å². The molecule has 0 spiro atoms. The van der Waals surface area contributed by atoms with Gasteiger partial charge < -0.3 is 16.0 Å². The molecule has 178 valence electrons. The number of hydrogen-bond donors (Lipinski definition) is 3. The standard InChI is InChI=1S/C26H29N9/c1-17-9-22(11-27)33-35(17)18(2)12-29-25(19-7-5-4-6-8-19)24-15-28-23-10-20(13-30-26(23)32-24)21-14-31-34(3)16-21/h4-10,13-14,16,18,24-25,28-29H,12,15H2,1-3H3,(H,30,32)/t18-,24-,25-/m1/s1. The Morgan fingerprint density at radius 3 is 2.74 bits per heavy atom. The van der Waals surface area contributed by atoms with Crippen LogP contribution < -0.4 is 16.0 Å². The summed E-state index contributed by atoms with van der Waals surface area (Å²) < 4.78 is 3.70. The number of nitrogens with one attached hydrogen (secondary N) is 3. The molecule has 4 heterocycles. The molecule has 0 aliphatic carbocycles. The molecule has 0 amide bonds. The maximum atomic E-state index is 9.19. The van der Waals surface area contributed by atoms with Gasteiger partial charge >= 0.3 is 0 Å². The Labute approximate surface area is 204 Å². The van der Waals surface area contributed by atoms with Crippen molar-refractivity contribution in [3.8, 4) is 17.2 Å². The Kier molecular flexibility index (Phi) is 6.21. The second-order valence-corrected chi connectivity index (χ2v) is 9.03. The van der Waals surface area contributed by atoms with Gasteiger partial charge in [-0.1, -0.05) is 30.3 Å². The average molecular weight is 468 g/mol. The van der Waals surface area contributed by atoms with E-state index >= 15 is 0 Å². The van der Waals surface area contributed by atoms with Crippen LogP contribution in [0.1, 0.15) is 36.0 Å². The van der Waals surface area contributed by atoms with Gasteiger partial charge in [-0.2, -0.15) is 15.5 Å². The van der Waals surface area contributed by atoms with Crippen molar-refractivity contribution in [2.75, 3.05) is 23.7 Å². The van der Waals surface area contributed by atoms with Gasteiger partial charge in [-0.3, -0.25) is 9.36 Å². The number of nitrogens with zero attached hydrogens (tertiary/aromatic N) is 6. The maximum Gasteiger partial charge on any atom is 0.162 e. The van der Waals surface area contributed by atoms with Gasteiger partial charge in [-0.15, -0.1) is 0 Å². The quantitative estimate of drug-likeness (QED) is 0.381. The van der Waals surface area contributed by atoms with E-state index in [1.165, 1.54) is 5.56 Å². The van der Waals surface area contributed by atoms with Crippen LogP contribution in [0.4, 0.5) is 11.5 Å². The van der Waals surface area contributed by atoms with E-state index in [-0.39, 0.29) is 18.1 Å². The Morgan fingerprint density at radius 1 is 1.20 bits per heavy atom. The molecule has 9 heteroatoms. The van der Waals surface area contributed by atoms with E-state index in [1.807, 2.05) is 49.4 Å². The lowest BCUT2D eigenvalue weighted by Crippen LogP contribution is -2.45. The predicted molar refractivity (Wildman–Crippen MR) is 136 cm³/mol. The fourth-order valence-corrected chi connectivity index (χ4v) is 4.62. The first kappa shape index (κ1) is 22.6. The van der Waals surface area contributed by atoms with Crippen molar-refractivity contribution in [2.24, 2.45) is 7.05 Å². The van der Waals surface area contributed by atoms with Crippen LogP contribution in [0, 0.1) is 18.3 Å². The minimum atomic E-state index is 0.0467. The molecule has 35 heavy (non-hydrogen) atoms. The van der Waals surface area contributed by atoms with Crippen molar-refractivity contribution in [3.05, 3.63) is 78.0 Å². The van der Waals surface area contributed by atoms with Gasteiger partial charge in [0.25, 0.3) is 0 Å². The summed E-state index contributed by atoms with van der Waals surface area (Å²) in [5.74, 6) is 0.839. The minimum absolute atomic E-state index is 0.0467. The van der Waals surface area contributed by atoms with E-state index in [0.717, 1.165) is 34.9 Å². The minimum Gasteiger partial charge on any atom is -0.380 e. The van der Waals surface area contributed by atoms with Crippen molar-refractivity contribution < 1.29 is 0 Å². The number of anilines is 2. The molecule has 1 aliphatic rings. The Balaban J connectivity index is 1.34. The highest BCUT2D eigenvalue weighted by Crippen LogP contribution is 2.32. The summed E-state index contributed by atoms with van der Waals surface area (Å²) >= 11 is 0. The van der Waals surface area contributed by atoms with Gasteiger partial charge in [-0.05, 0) is 31.5 Å². The van der Waals surface area contributed by atoms with Gasteiger partial charge in [0.2, 0.25) is 0 Å². The highest BCUT2D eigenvalue weighted by Gasteiger charge is 2.28. The highest BCUT2D eigenvalue weighted by molar-refractivity contribution is 5.75. The van der Waals surface area contributed by atoms with Gasteiger partial charge in [0, 0.05) is 49.4 Å². The average Bonchev–Trinajstić information content (AvgIpc) is 3.49. The van der Waals surface area contributed by atoms with E-state index in [2.05, 4.69) is 69.5 Å². The number of aryl methyl sites for hydroxylation is 2. The Morgan fingerprint density at radius 2 is 2.03 bits per heavy atom. The molecule has 0 saturated heterocycles. The fourth-order valence-electron chi connectivity index (χ4n) is 4.62. The molecule has 1 aromatic carbocycles. The SMILES string of the molecule is Cc1cc(C#N)nn1[C@H](C)CN[C@H](c1ccccc1)[C@H]1CNc2cc(-c3cnn(C)c3)cnc2N1. The number of hydrogen-bond acceptors (Lipinski definition) is 7. The van der Waals surface area contributed by atoms with Crippen molar-refractivity contribution in [3.63, 3.8) is 0 Å². The molecule has 0 unspecified atom stereocenters. The molecule has 0 radical (unpaired) electrons. The van der Waals surface area contributed by atoms with E-state index in [9.17, 15) is 5.26 Å². The zero-order valence-corrected chi connectivity index (χ0v) is 20.1. The van der Waals surface area contributed by atoms with Crippen LogP contribution >= 0.6 is 0 Å². The maximum absolute atomic E-state index is 9.19. The molecular formula is C26H29N9. The predicted octanol–water partition coefficient (Wildman–Crippen LogP) is 3.66. The van der Waals surface area contributed by atoms with Crippen LogP contribution in [0.2, 0.25) is 0 Å².